The van der Waals surface area contributed by atoms with Gasteiger partial charge in [0.2, 0.25) is 11.8 Å². The zero-order valence-corrected chi connectivity index (χ0v) is 20.6. The molecule has 0 bridgehead atoms. The molecule has 1 aromatic carbocycles. The zero-order valence-electron chi connectivity index (χ0n) is 20.6. The van der Waals surface area contributed by atoms with Crippen molar-refractivity contribution in [2.24, 2.45) is 11.3 Å². The minimum absolute atomic E-state index is 0.0698. The Morgan fingerprint density at radius 3 is 2.78 bits per heavy atom. The summed E-state index contributed by atoms with van der Waals surface area (Å²) in [7, 11) is 1.51. The fourth-order valence-corrected chi connectivity index (χ4v) is 4.92. The number of amides is 2. The van der Waals surface area contributed by atoms with Crippen LogP contribution in [-0.2, 0) is 11.3 Å². The van der Waals surface area contributed by atoms with Crippen molar-refractivity contribution in [1.29, 1.82) is 5.26 Å². The second-order valence-electron chi connectivity index (χ2n) is 9.51. The highest BCUT2D eigenvalue weighted by atomic mass is 19.1. The van der Waals surface area contributed by atoms with Crippen molar-refractivity contribution in [3.8, 4) is 23.2 Å². The minimum atomic E-state index is -0.966. The Balaban J connectivity index is 1.33. The van der Waals surface area contributed by atoms with Gasteiger partial charge < -0.3 is 15.0 Å². The molecule has 2 fully saturated rings. The molecule has 1 saturated carbocycles. The molecule has 1 saturated heterocycles. The molecular weight excluding hydrogens is 473 g/mol. The fourth-order valence-electron chi connectivity index (χ4n) is 4.92. The number of carbonyl (C=O) groups is 2. The standard InChI is InChI=1S/C28H26FN5O3/c1-17-10-22(34-9-8-28(16-30,27(34)36)20-6-7-20)14-24(32-17)26(35)31-15-18-11-19(13-21(29)12-18)23-4-3-5-25(33-23)37-2/h3-5,10-14,20H,6-9,15H2,1-2H3,(H,31,35)/t28-/m1/s1. The lowest BCUT2D eigenvalue weighted by Gasteiger charge is -2.21. The first-order chi connectivity index (χ1) is 17.8. The molecule has 1 atom stereocenters. The third kappa shape index (κ3) is 4.75. The summed E-state index contributed by atoms with van der Waals surface area (Å²) in [5.41, 5.74) is 1.97. The Hall–Kier alpha value is -4.32. The van der Waals surface area contributed by atoms with Crippen LogP contribution in [0.5, 0.6) is 5.88 Å². The van der Waals surface area contributed by atoms with E-state index in [0.717, 1.165) is 12.8 Å². The predicted molar refractivity (Wildman–Crippen MR) is 134 cm³/mol. The van der Waals surface area contributed by atoms with Crippen molar-refractivity contribution in [3.63, 3.8) is 0 Å². The van der Waals surface area contributed by atoms with Gasteiger partial charge in [-0.3, -0.25) is 9.59 Å². The number of carbonyl (C=O) groups excluding carboxylic acids is 2. The van der Waals surface area contributed by atoms with E-state index in [1.165, 1.54) is 19.2 Å². The van der Waals surface area contributed by atoms with Gasteiger partial charge in [-0.15, -0.1) is 0 Å². The van der Waals surface area contributed by atoms with E-state index < -0.39 is 17.1 Å². The van der Waals surface area contributed by atoms with Crippen LogP contribution < -0.4 is 15.0 Å². The molecule has 37 heavy (non-hydrogen) atoms. The van der Waals surface area contributed by atoms with Gasteiger partial charge in [0.15, 0.2) is 0 Å². The van der Waals surface area contributed by atoms with Crippen LogP contribution in [0.2, 0.25) is 0 Å². The number of halogens is 1. The average molecular weight is 500 g/mol. The number of nitrogens with one attached hydrogen (secondary N) is 1. The molecule has 9 heteroatoms. The lowest BCUT2D eigenvalue weighted by Crippen LogP contribution is -2.35. The van der Waals surface area contributed by atoms with Crippen molar-refractivity contribution < 1.29 is 18.7 Å². The maximum Gasteiger partial charge on any atom is 0.270 e. The molecule has 2 aromatic heterocycles. The van der Waals surface area contributed by atoms with Crippen molar-refractivity contribution in [2.45, 2.75) is 32.7 Å². The summed E-state index contributed by atoms with van der Waals surface area (Å²) in [5, 5.41) is 12.6. The Morgan fingerprint density at radius 1 is 1.24 bits per heavy atom. The highest BCUT2D eigenvalue weighted by Crippen LogP contribution is 2.51. The highest BCUT2D eigenvalue weighted by Gasteiger charge is 2.56. The quantitative estimate of drug-likeness (QED) is 0.522. The smallest absolute Gasteiger partial charge is 0.270 e. The second-order valence-corrected chi connectivity index (χ2v) is 9.51. The molecular formula is C28H26FN5O3. The Labute approximate surface area is 214 Å². The molecule has 0 radical (unpaired) electrons. The van der Waals surface area contributed by atoms with Crippen LogP contribution in [0.1, 0.15) is 41.0 Å². The van der Waals surface area contributed by atoms with Gasteiger partial charge in [-0.1, -0.05) is 6.07 Å². The molecule has 3 heterocycles. The number of anilines is 1. The number of pyridine rings is 2. The molecule has 0 spiro atoms. The molecule has 1 aliphatic heterocycles. The maximum atomic E-state index is 14.4. The van der Waals surface area contributed by atoms with Crippen LogP contribution in [0.3, 0.4) is 0 Å². The van der Waals surface area contributed by atoms with Crippen molar-refractivity contribution in [1.82, 2.24) is 15.3 Å². The van der Waals surface area contributed by atoms with Crippen molar-refractivity contribution in [3.05, 3.63) is 71.3 Å². The summed E-state index contributed by atoms with van der Waals surface area (Å²) in [5.74, 6) is -0.572. The van der Waals surface area contributed by atoms with E-state index in [1.807, 2.05) is 0 Å². The van der Waals surface area contributed by atoms with E-state index >= 15 is 0 Å². The number of nitriles is 1. The van der Waals surface area contributed by atoms with E-state index in [1.54, 1.807) is 48.2 Å². The molecule has 188 valence electrons. The first kappa shape index (κ1) is 24.4. The van der Waals surface area contributed by atoms with Crippen LogP contribution in [0, 0.1) is 35.4 Å². The summed E-state index contributed by atoms with van der Waals surface area (Å²) in [4.78, 5) is 36.5. The van der Waals surface area contributed by atoms with Gasteiger partial charge in [0, 0.05) is 36.1 Å². The van der Waals surface area contributed by atoms with Gasteiger partial charge in [-0.25, -0.2) is 14.4 Å². The topological polar surface area (TPSA) is 108 Å². The van der Waals surface area contributed by atoms with E-state index in [2.05, 4.69) is 21.4 Å². The molecule has 5 rings (SSSR count). The number of rotatable bonds is 7. The third-order valence-corrected chi connectivity index (χ3v) is 6.95. The monoisotopic (exact) mass is 499 g/mol. The zero-order chi connectivity index (χ0) is 26.2. The summed E-state index contributed by atoms with van der Waals surface area (Å²) in [6, 6.07) is 15.3. The molecule has 0 unspecified atom stereocenters. The van der Waals surface area contributed by atoms with Gasteiger partial charge in [-0.05, 0) is 74.1 Å². The Bertz CT molecular complexity index is 1430. The van der Waals surface area contributed by atoms with E-state index in [-0.39, 0.29) is 24.1 Å². The predicted octanol–water partition coefficient (Wildman–Crippen LogP) is 4.19. The van der Waals surface area contributed by atoms with E-state index in [9.17, 15) is 19.2 Å². The highest BCUT2D eigenvalue weighted by molar-refractivity contribution is 6.03. The van der Waals surface area contributed by atoms with Crippen molar-refractivity contribution >= 4 is 17.5 Å². The van der Waals surface area contributed by atoms with E-state index in [0.29, 0.717) is 47.0 Å². The number of hydrogen-bond acceptors (Lipinski definition) is 6. The normalized spacial score (nSPS) is 19.0. The summed E-state index contributed by atoms with van der Waals surface area (Å²) >= 11 is 0. The van der Waals surface area contributed by atoms with Gasteiger partial charge in [0.1, 0.15) is 16.9 Å². The summed E-state index contributed by atoms with van der Waals surface area (Å²) < 4.78 is 19.5. The number of methoxy groups -OCH3 is 1. The second kappa shape index (κ2) is 9.62. The lowest BCUT2D eigenvalue weighted by atomic mass is 9.83. The largest absolute Gasteiger partial charge is 0.481 e. The minimum Gasteiger partial charge on any atom is -0.481 e. The number of benzene rings is 1. The first-order valence-corrected chi connectivity index (χ1v) is 12.1. The van der Waals surface area contributed by atoms with E-state index in [4.69, 9.17) is 4.74 Å². The van der Waals surface area contributed by atoms with Crippen LogP contribution in [0.25, 0.3) is 11.3 Å². The number of aromatic nitrogens is 2. The molecule has 1 aliphatic carbocycles. The Kier molecular flexibility index (Phi) is 6.34. The molecule has 2 aliphatic rings. The van der Waals surface area contributed by atoms with Gasteiger partial charge in [0.25, 0.3) is 5.91 Å². The van der Waals surface area contributed by atoms with Crippen LogP contribution >= 0.6 is 0 Å². The molecule has 2 amide bonds. The summed E-state index contributed by atoms with van der Waals surface area (Å²) in [6.45, 7) is 2.25. The van der Waals surface area contributed by atoms with Gasteiger partial charge in [-0.2, -0.15) is 5.26 Å². The van der Waals surface area contributed by atoms with Crippen LogP contribution in [0.4, 0.5) is 10.1 Å². The maximum absolute atomic E-state index is 14.4. The SMILES string of the molecule is COc1cccc(-c2cc(F)cc(CNC(=O)c3cc(N4CC[C@@](C#N)(C5CC5)C4=O)cc(C)n3)c2)n1. The number of aryl methyl sites for hydroxylation is 1. The van der Waals surface area contributed by atoms with Gasteiger partial charge >= 0.3 is 0 Å². The van der Waals surface area contributed by atoms with Crippen molar-refractivity contribution in [2.75, 3.05) is 18.6 Å². The first-order valence-electron chi connectivity index (χ1n) is 12.1. The molecule has 3 aromatic rings. The number of nitrogens with zero attached hydrogens (tertiary/aromatic N) is 4. The van der Waals surface area contributed by atoms with Gasteiger partial charge in [0.05, 0.1) is 18.9 Å². The molecule has 8 nitrogen and oxygen atoms in total. The average Bonchev–Trinajstić information content (AvgIpc) is 3.70. The lowest BCUT2D eigenvalue weighted by molar-refractivity contribution is -0.123. The summed E-state index contributed by atoms with van der Waals surface area (Å²) in [6.07, 6.45) is 2.28. The molecule has 1 N–H and O–H groups in total. The fraction of sp³-hybridized carbons (Fsp3) is 0.321. The number of ether oxygens (including phenoxy) is 1. The Morgan fingerprint density at radius 2 is 2.05 bits per heavy atom. The van der Waals surface area contributed by atoms with Crippen LogP contribution in [-0.4, -0.2) is 35.4 Å². The number of hydrogen-bond donors (Lipinski definition) is 1. The van der Waals surface area contributed by atoms with Crippen LogP contribution in [0.15, 0.2) is 48.5 Å². The third-order valence-electron chi connectivity index (χ3n) is 6.95.